The van der Waals surface area contributed by atoms with Crippen molar-refractivity contribution < 1.29 is 19.4 Å². The fourth-order valence-corrected chi connectivity index (χ4v) is 2.77. The molecule has 0 aromatic heterocycles. The minimum atomic E-state index is -1.12. The van der Waals surface area contributed by atoms with E-state index in [1.165, 1.54) is 0 Å². The van der Waals surface area contributed by atoms with Crippen LogP contribution in [0.5, 0.6) is 0 Å². The minimum absolute atomic E-state index is 0.146. The Kier molecular flexibility index (Phi) is 4.35. The minimum Gasteiger partial charge on any atom is -0.479 e. The second-order valence-corrected chi connectivity index (χ2v) is 5.34. The zero-order valence-electron chi connectivity index (χ0n) is 12.4. The molecule has 0 aliphatic heterocycles. The van der Waals surface area contributed by atoms with Crippen LogP contribution in [0.3, 0.4) is 0 Å². The van der Waals surface area contributed by atoms with Gasteiger partial charge >= 0.3 is 5.97 Å². The van der Waals surface area contributed by atoms with Gasteiger partial charge in [0, 0.05) is 6.42 Å². The summed E-state index contributed by atoms with van der Waals surface area (Å²) in [7, 11) is 0. The Morgan fingerprint density at radius 3 is 2.13 bits per heavy atom. The van der Waals surface area contributed by atoms with Gasteiger partial charge in [-0.3, -0.25) is 0 Å². The Morgan fingerprint density at radius 1 is 1.04 bits per heavy atom. The molecule has 0 fully saturated rings. The van der Waals surface area contributed by atoms with E-state index in [0.29, 0.717) is 6.29 Å². The highest BCUT2D eigenvalue weighted by Crippen LogP contribution is 2.29. The number of carboxylic acid groups (broad SMARTS) is 1. The van der Waals surface area contributed by atoms with E-state index in [1.54, 1.807) is 0 Å². The van der Waals surface area contributed by atoms with Crippen molar-refractivity contribution >= 4 is 33.8 Å². The SMILES string of the molecule is O=CCC(OCc1c2ccccc2cc2ccccc12)C(=O)O. The van der Waals surface area contributed by atoms with E-state index in [9.17, 15) is 9.59 Å². The molecular weight excluding hydrogens is 292 g/mol. The van der Waals surface area contributed by atoms with Gasteiger partial charge in [-0.1, -0.05) is 48.5 Å². The molecule has 3 rings (SSSR count). The van der Waals surface area contributed by atoms with Crippen molar-refractivity contribution in [2.24, 2.45) is 0 Å². The first-order valence-electron chi connectivity index (χ1n) is 7.38. The van der Waals surface area contributed by atoms with Crippen LogP contribution in [0.15, 0.2) is 54.6 Å². The van der Waals surface area contributed by atoms with E-state index in [1.807, 2.05) is 48.5 Å². The molecule has 3 aromatic carbocycles. The first-order chi connectivity index (χ1) is 11.2. The summed E-state index contributed by atoms with van der Waals surface area (Å²) in [4.78, 5) is 21.8. The second-order valence-electron chi connectivity index (χ2n) is 5.34. The smallest absolute Gasteiger partial charge is 0.333 e. The number of rotatable bonds is 6. The zero-order valence-corrected chi connectivity index (χ0v) is 12.4. The first kappa shape index (κ1) is 15.2. The van der Waals surface area contributed by atoms with E-state index in [0.717, 1.165) is 27.1 Å². The average molecular weight is 308 g/mol. The van der Waals surface area contributed by atoms with Crippen LogP contribution in [-0.2, 0) is 20.9 Å². The molecule has 0 saturated carbocycles. The Morgan fingerprint density at radius 2 is 1.61 bits per heavy atom. The Labute approximate surface area is 133 Å². The lowest BCUT2D eigenvalue weighted by molar-refractivity contribution is -0.152. The van der Waals surface area contributed by atoms with Crippen molar-refractivity contribution in [2.45, 2.75) is 19.1 Å². The van der Waals surface area contributed by atoms with Gasteiger partial charge in [0.05, 0.1) is 6.61 Å². The molecule has 3 aromatic rings. The van der Waals surface area contributed by atoms with E-state index in [2.05, 4.69) is 6.07 Å². The fraction of sp³-hybridized carbons (Fsp3) is 0.158. The maximum Gasteiger partial charge on any atom is 0.333 e. The number of aldehydes is 1. The number of ether oxygens (including phenoxy) is 1. The Balaban J connectivity index is 2.06. The number of carboxylic acids is 1. The predicted octanol–water partition coefficient (Wildman–Crippen LogP) is 3.55. The molecule has 0 saturated heterocycles. The molecule has 1 unspecified atom stereocenters. The molecule has 1 atom stereocenters. The molecule has 116 valence electrons. The lowest BCUT2D eigenvalue weighted by Crippen LogP contribution is -2.24. The van der Waals surface area contributed by atoms with Crippen LogP contribution in [0, 0.1) is 0 Å². The summed E-state index contributed by atoms with van der Waals surface area (Å²) in [6, 6.07) is 18.0. The standard InChI is InChI=1S/C19H16O4/c20-10-9-18(19(21)22)23-12-17-15-7-3-1-5-13(15)11-14-6-2-4-8-16(14)17/h1-8,10-11,18H,9,12H2,(H,21,22). The third kappa shape index (κ3) is 3.07. The van der Waals surface area contributed by atoms with Crippen LogP contribution in [0.1, 0.15) is 12.0 Å². The third-order valence-corrected chi connectivity index (χ3v) is 3.90. The van der Waals surface area contributed by atoms with E-state index in [4.69, 9.17) is 9.84 Å². The van der Waals surface area contributed by atoms with Gasteiger partial charge in [0.25, 0.3) is 0 Å². The number of hydrogen-bond donors (Lipinski definition) is 1. The van der Waals surface area contributed by atoms with Crippen molar-refractivity contribution in [1.29, 1.82) is 0 Å². The van der Waals surface area contributed by atoms with Crippen LogP contribution >= 0.6 is 0 Å². The van der Waals surface area contributed by atoms with Gasteiger partial charge in [0.15, 0.2) is 6.10 Å². The van der Waals surface area contributed by atoms with Gasteiger partial charge in [-0.05, 0) is 33.2 Å². The second kappa shape index (κ2) is 6.58. The van der Waals surface area contributed by atoms with E-state index in [-0.39, 0.29) is 13.0 Å². The number of fused-ring (bicyclic) bond motifs is 2. The predicted molar refractivity (Wildman–Crippen MR) is 88.3 cm³/mol. The molecular formula is C19H16O4. The average Bonchev–Trinajstić information content (AvgIpc) is 2.57. The van der Waals surface area contributed by atoms with Gasteiger partial charge in [-0.15, -0.1) is 0 Å². The van der Waals surface area contributed by atoms with Crippen molar-refractivity contribution in [3.8, 4) is 0 Å². The Bertz CT molecular complexity index is 816. The molecule has 4 nitrogen and oxygen atoms in total. The summed E-state index contributed by atoms with van der Waals surface area (Å²) in [5, 5.41) is 13.3. The summed E-state index contributed by atoms with van der Waals surface area (Å²) in [5.41, 5.74) is 0.941. The highest BCUT2D eigenvalue weighted by molar-refractivity contribution is 6.02. The number of carbonyl (C=O) groups excluding carboxylic acids is 1. The molecule has 0 heterocycles. The maximum atomic E-state index is 11.2. The Hall–Kier alpha value is -2.72. The number of hydrogen-bond acceptors (Lipinski definition) is 3. The lowest BCUT2D eigenvalue weighted by atomic mass is 9.97. The molecule has 0 bridgehead atoms. The molecule has 1 N–H and O–H groups in total. The molecule has 0 amide bonds. The van der Waals surface area contributed by atoms with Crippen molar-refractivity contribution in [3.05, 3.63) is 60.2 Å². The van der Waals surface area contributed by atoms with Crippen molar-refractivity contribution in [2.75, 3.05) is 0 Å². The van der Waals surface area contributed by atoms with Crippen LogP contribution in [0.4, 0.5) is 0 Å². The summed E-state index contributed by atoms with van der Waals surface area (Å²) in [6.45, 7) is 0.146. The molecule has 0 aliphatic rings. The van der Waals surface area contributed by atoms with E-state index >= 15 is 0 Å². The molecule has 0 spiro atoms. The summed E-state index contributed by atoms with van der Waals surface area (Å²) < 4.78 is 5.52. The first-order valence-corrected chi connectivity index (χ1v) is 7.38. The highest BCUT2D eigenvalue weighted by atomic mass is 16.5. The number of benzene rings is 3. The third-order valence-electron chi connectivity index (χ3n) is 3.90. The molecule has 4 heteroatoms. The largest absolute Gasteiger partial charge is 0.479 e. The number of carbonyl (C=O) groups is 2. The van der Waals surface area contributed by atoms with Crippen molar-refractivity contribution in [3.63, 3.8) is 0 Å². The number of aliphatic carboxylic acids is 1. The summed E-state index contributed by atoms with van der Waals surface area (Å²) >= 11 is 0. The molecule has 0 radical (unpaired) electrons. The lowest BCUT2D eigenvalue weighted by Gasteiger charge is -2.15. The normalized spacial score (nSPS) is 12.3. The summed E-state index contributed by atoms with van der Waals surface area (Å²) in [6.07, 6.45) is -0.705. The van der Waals surface area contributed by atoms with Gasteiger partial charge in [0.2, 0.25) is 0 Å². The fourth-order valence-electron chi connectivity index (χ4n) is 2.77. The van der Waals surface area contributed by atoms with Crippen LogP contribution in [-0.4, -0.2) is 23.5 Å². The molecule has 23 heavy (non-hydrogen) atoms. The van der Waals surface area contributed by atoms with Gasteiger partial charge in [0.1, 0.15) is 6.29 Å². The summed E-state index contributed by atoms with van der Waals surface area (Å²) in [5.74, 6) is -1.12. The maximum absolute atomic E-state index is 11.2. The van der Waals surface area contributed by atoms with Gasteiger partial charge in [-0.25, -0.2) is 4.79 Å². The monoisotopic (exact) mass is 308 g/mol. The van der Waals surface area contributed by atoms with Gasteiger partial charge < -0.3 is 14.6 Å². The van der Waals surface area contributed by atoms with Crippen LogP contribution in [0.25, 0.3) is 21.5 Å². The van der Waals surface area contributed by atoms with Crippen molar-refractivity contribution in [1.82, 2.24) is 0 Å². The zero-order chi connectivity index (χ0) is 16.2. The highest BCUT2D eigenvalue weighted by Gasteiger charge is 2.18. The van der Waals surface area contributed by atoms with Crippen LogP contribution in [0.2, 0.25) is 0 Å². The van der Waals surface area contributed by atoms with Gasteiger partial charge in [-0.2, -0.15) is 0 Å². The topological polar surface area (TPSA) is 63.6 Å². The van der Waals surface area contributed by atoms with Crippen LogP contribution < -0.4 is 0 Å². The molecule has 0 aliphatic carbocycles. The quantitative estimate of drug-likeness (QED) is 0.559. The van der Waals surface area contributed by atoms with E-state index < -0.39 is 12.1 Å².